The molecule has 9 heteroatoms. The lowest BCUT2D eigenvalue weighted by atomic mass is 10.1. The average molecular weight is 451 g/mol. The molecule has 0 spiro atoms. The monoisotopic (exact) mass is 451 g/mol. The van der Waals surface area contributed by atoms with Gasteiger partial charge in [-0.1, -0.05) is 23.8 Å². The van der Waals surface area contributed by atoms with E-state index in [0.717, 1.165) is 16.3 Å². The quantitative estimate of drug-likeness (QED) is 0.525. The van der Waals surface area contributed by atoms with Crippen molar-refractivity contribution in [3.63, 3.8) is 0 Å². The van der Waals surface area contributed by atoms with E-state index in [4.69, 9.17) is 14.2 Å². The minimum absolute atomic E-state index is 0.0210. The summed E-state index contributed by atoms with van der Waals surface area (Å²) in [6.45, 7) is 3.69. The second-order valence-corrected chi connectivity index (χ2v) is 7.13. The molecule has 3 aromatic rings. The van der Waals surface area contributed by atoms with Gasteiger partial charge in [0.05, 0.1) is 38.6 Å². The van der Waals surface area contributed by atoms with E-state index in [1.54, 1.807) is 37.3 Å². The van der Waals surface area contributed by atoms with Gasteiger partial charge in [0.1, 0.15) is 0 Å². The Morgan fingerprint density at radius 3 is 2.33 bits per heavy atom. The van der Waals surface area contributed by atoms with Crippen LogP contribution >= 0.6 is 0 Å². The van der Waals surface area contributed by atoms with E-state index in [0.29, 0.717) is 22.7 Å². The summed E-state index contributed by atoms with van der Waals surface area (Å²) in [4.78, 5) is 37.9. The maximum atomic E-state index is 12.7. The first-order valence-corrected chi connectivity index (χ1v) is 10.3. The molecule has 0 saturated heterocycles. The molecule has 0 radical (unpaired) electrons. The molecule has 0 atom stereocenters. The van der Waals surface area contributed by atoms with Crippen molar-refractivity contribution in [1.82, 2.24) is 9.78 Å². The molecule has 1 heterocycles. The number of methoxy groups -OCH3 is 2. The Morgan fingerprint density at radius 2 is 1.70 bits per heavy atom. The van der Waals surface area contributed by atoms with Gasteiger partial charge in [-0.25, -0.2) is 4.79 Å². The van der Waals surface area contributed by atoms with Crippen LogP contribution in [0.4, 0.5) is 5.69 Å². The fraction of sp³-hybridized carbons (Fsp3) is 0.250. The van der Waals surface area contributed by atoms with Gasteiger partial charge in [-0.3, -0.25) is 9.59 Å². The Bertz CT molecular complexity index is 1220. The van der Waals surface area contributed by atoms with Crippen LogP contribution in [-0.2, 0) is 16.0 Å². The molecule has 1 N–H and O–H groups in total. The molecule has 33 heavy (non-hydrogen) atoms. The van der Waals surface area contributed by atoms with Crippen LogP contribution in [0.1, 0.15) is 28.5 Å². The van der Waals surface area contributed by atoms with Gasteiger partial charge in [0.15, 0.2) is 17.2 Å². The molecule has 0 unspecified atom stereocenters. The number of nitrogens with zero attached hydrogens (tertiary/aromatic N) is 2. The highest BCUT2D eigenvalue weighted by Crippen LogP contribution is 2.27. The van der Waals surface area contributed by atoms with Crippen molar-refractivity contribution in [3.05, 3.63) is 75.7 Å². The Kier molecular flexibility index (Phi) is 7.45. The summed E-state index contributed by atoms with van der Waals surface area (Å²) in [5, 5.41) is 6.78. The van der Waals surface area contributed by atoms with Gasteiger partial charge in [0.25, 0.3) is 5.56 Å². The highest BCUT2D eigenvalue weighted by Gasteiger charge is 2.20. The van der Waals surface area contributed by atoms with E-state index < -0.39 is 17.4 Å². The van der Waals surface area contributed by atoms with Crippen molar-refractivity contribution in [2.75, 3.05) is 26.1 Å². The lowest BCUT2D eigenvalue weighted by Crippen LogP contribution is -2.27. The van der Waals surface area contributed by atoms with Crippen molar-refractivity contribution >= 4 is 17.6 Å². The predicted molar refractivity (Wildman–Crippen MR) is 122 cm³/mol. The number of carbonyl (C=O) groups excluding carboxylic acids is 2. The van der Waals surface area contributed by atoms with E-state index in [2.05, 4.69) is 10.4 Å². The van der Waals surface area contributed by atoms with Gasteiger partial charge >= 0.3 is 5.97 Å². The number of hydrogen-bond acceptors (Lipinski definition) is 7. The average Bonchev–Trinajstić information content (AvgIpc) is 2.80. The smallest absolute Gasteiger partial charge is 0.360 e. The molecule has 0 fully saturated rings. The molecule has 3 rings (SSSR count). The van der Waals surface area contributed by atoms with Crippen LogP contribution < -0.4 is 20.3 Å². The molecule has 0 aliphatic heterocycles. The molecule has 0 aliphatic rings. The number of carbonyl (C=O) groups is 2. The Labute approximate surface area is 190 Å². The van der Waals surface area contributed by atoms with Gasteiger partial charge in [-0.05, 0) is 43.7 Å². The molecular weight excluding hydrogens is 426 g/mol. The van der Waals surface area contributed by atoms with Crippen LogP contribution in [0.15, 0.2) is 53.3 Å². The molecule has 172 valence electrons. The SMILES string of the molecule is CCOC(=O)c1nn(-c2ccc(C)cc2)c(=O)cc1NC(=O)Cc1ccc(OC)c(OC)c1. The first-order valence-electron chi connectivity index (χ1n) is 10.3. The number of esters is 1. The normalized spacial score (nSPS) is 10.4. The lowest BCUT2D eigenvalue weighted by molar-refractivity contribution is -0.115. The number of aromatic nitrogens is 2. The van der Waals surface area contributed by atoms with Crippen molar-refractivity contribution in [2.24, 2.45) is 0 Å². The Morgan fingerprint density at radius 1 is 1.00 bits per heavy atom. The molecular formula is C24H25N3O6. The van der Waals surface area contributed by atoms with E-state index in [1.807, 2.05) is 19.1 Å². The van der Waals surface area contributed by atoms with Crippen LogP contribution in [-0.4, -0.2) is 42.5 Å². The zero-order valence-corrected chi connectivity index (χ0v) is 18.9. The van der Waals surface area contributed by atoms with Gasteiger partial charge in [0.2, 0.25) is 5.91 Å². The highest BCUT2D eigenvalue weighted by molar-refractivity contribution is 6.00. The van der Waals surface area contributed by atoms with Gasteiger partial charge in [0, 0.05) is 6.07 Å². The number of nitrogens with one attached hydrogen (secondary N) is 1. The first kappa shape index (κ1) is 23.5. The number of amides is 1. The van der Waals surface area contributed by atoms with Gasteiger partial charge in [-0.15, -0.1) is 0 Å². The Balaban J connectivity index is 1.92. The summed E-state index contributed by atoms with van der Waals surface area (Å²) in [6, 6.07) is 13.3. The van der Waals surface area contributed by atoms with E-state index >= 15 is 0 Å². The number of hydrogen-bond donors (Lipinski definition) is 1. The van der Waals surface area contributed by atoms with Crippen molar-refractivity contribution in [3.8, 4) is 17.2 Å². The molecule has 0 bridgehead atoms. The molecule has 2 aromatic carbocycles. The standard InChI is InChI=1S/C24H25N3O6/c1-5-33-24(30)23-18(14-22(29)27(26-23)17-9-6-15(2)7-10-17)25-21(28)13-16-8-11-19(31-3)20(12-16)32-4/h6-12,14H,5,13H2,1-4H3,(H,25,28). The van der Waals surface area contributed by atoms with Gasteiger partial charge in [-0.2, -0.15) is 9.78 Å². The minimum Gasteiger partial charge on any atom is -0.493 e. The van der Waals surface area contributed by atoms with Crippen molar-refractivity contribution in [2.45, 2.75) is 20.3 Å². The minimum atomic E-state index is -0.750. The van der Waals surface area contributed by atoms with E-state index in [1.165, 1.54) is 14.2 Å². The fourth-order valence-corrected chi connectivity index (χ4v) is 3.14. The maximum Gasteiger partial charge on any atom is 0.360 e. The maximum absolute atomic E-state index is 12.7. The number of benzene rings is 2. The summed E-state index contributed by atoms with van der Waals surface area (Å²) in [6.07, 6.45) is -0.0241. The molecule has 0 saturated carbocycles. The zero-order valence-electron chi connectivity index (χ0n) is 18.9. The molecule has 9 nitrogen and oxygen atoms in total. The second-order valence-electron chi connectivity index (χ2n) is 7.13. The van der Waals surface area contributed by atoms with Crippen molar-refractivity contribution < 1.29 is 23.8 Å². The predicted octanol–water partition coefficient (Wildman–Crippen LogP) is 2.92. The van der Waals surface area contributed by atoms with E-state index in [9.17, 15) is 14.4 Å². The molecule has 1 aromatic heterocycles. The topological polar surface area (TPSA) is 109 Å². The zero-order chi connectivity index (χ0) is 24.0. The summed E-state index contributed by atoms with van der Waals surface area (Å²) in [5.41, 5.74) is 1.46. The second kappa shape index (κ2) is 10.4. The van der Waals surface area contributed by atoms with Crippen LogP contribution in [0.2, 0.25) is 0 Å². The van der Waals surface area contributed by atoms with Crippen LogP contribution in [0.25, 0.3) is 5.69 Å². The highest BCUT2D eigenvalue weighted by atomic mass is 16.5. The third kappa shape index (κ3) is 5.57. The summed E-state index contributed by atoms with van der Waals surface area (Å²) in [7, 11) is 3.02. The number of ether oxygens (including phenoxy) is 3. The summed E-state index contributed by atoms with van der Waals surface area (Å²) < 4.78 is 16.6. The number of aryl methyl sites for hydroxylation is 1. The molecule has 1 amide bonds. The third-order valence-electron chi connectivity index (χ3n) is 4.77. The van der Waals surface area contributed by atoms with Gasteiger partial charge < -0.3 is 19.5 Å². The van der Waals surface area contributed by atoms with Crippen LogP contribution in [0, 0.1) is 6.92 Å². The first-order chi connectivity index (χ1) is 15.9. The fourth-order valence-electron chi connectivity index (χ4n) is 3.14. The third-order valence-corrected chi connectivity index (χ3v) is 4.77. The number of anilines is 1. The largest absolute Gasteiger partial charge is 0.493 e. The van der Waals surface area contributed by atoms with E-state index in [-0.39, 0.29) is 24.4 Å². The molecule has 0 aliphatic carbocycles. The Hall–Kier alpha value is -4.14. The lowest BCUT2D eigenvalue weighted by Gasteiger charge is -2.13. The number of rotatable bonds is 8. The summed E-state index contributed by atoms with van der Waals surface area (Å²) >= 11 is 0. The van der Waals surface area contributed by atoms with Crippen LogP contribution in [0.5, 0.6) is 11.5 Å². The van der Waals surface area contributed by atoms with Crippen molar-refractivity contribution in [1.29, 1.82) is 0 Å². The summed E-state index contributed by atoms with van der Waals surface area (Å²) in [5.74, 6) is -0.172. The van der Waals surface area contributed by atoms with Crippen LogP contribution in [0.3, 0.4) is 0 Å².